The van der Waals surface area contributed by atoms with Crippen LogP contribution in [0, 0.1) is 5.92 Å². The molecule has 0 amide bonds. The number of hydrogen-bond acceptors (Lipinski definition) is 1. The summed E-state index contributed by atoms with van der Waals surface area (Å²) >= 11 is 0. The highest BCUT2D eigenvalue weighted by Crippen LogP contribution is 2.38. The molecule has 0 heterocycles. The fourth-order valence-corrected chi connectivity index (χ4v) is 3.38. The molecule has 0 aromatic heterocycles. The first-order valence-electron chi connectivity index (χ1n) is 8.39. The summed E-state index contributed by atoms with van der Waals surface area (Å²) in [5.74, 6) is 0.585. The van der Waals surface area contributed by atoms with Crippen LogP contribution in [0.2, 0.25) is 0 Å². The molecule has 0 aromatic rings. The highest BCUT2D eigenvalue weighted by molar-refractivity contribution is 4.87. The second-order valence-electron chi connectivity index (χ2n) is 6.56. The van der Waals surface area contributed by atoms with Crippen LogP contribution in [0.4, 0.5) is 0 Å². The van der Waals surface area contributed by atoms with E-state index in [1.54, 1.807) is 0 Å². The zero-order chi connectivity index (χ0) is 13.3. The first-order chi connectivity index (χ1) is 8.67. The van der Waals surface area contributed by atoms with E-state index in [1.165, 1.54) is 77.0 Å². The molecule has 18 heavy (non-hydrogen) atoms. The van der Waals surface area contributed by atoms with Crippen LogP contribution in [0.15, 0.2) is 0 Å². The van der Waals surface area contributed by atoms with Crippen LogP contribution in [0.5, 0.6) is 0 Å². The van der Waals surface area contributed by atoms with Crippen molar-refractivity contribution in [2.75, 3.05) is 0 Å². The Kier molecular flexibility index (Phi) is 7.97. The Morgan fingerprint density at radius 1 is 0.944 bits per heavy atom. The van der Waals surface area contributed by atoms with E-state index in [9.17, 15) is 5.11 Å². The van der Waals surface area contributed by atoms with E-state index in [-0.39, 0.29) is 5.60 Å². The predicted molar refractivity (Wildman–Crippen MR) is 79.8 cm³/mol. The second-order valence-corrected chi connectivity index (χ2v) is 6.56. The molecule has 0 aliphatic heterocycles. The Morgan fingerprint density at radius 2 is 1.50 bits per heavy atom. The molecule has 1 saturated carbocycles. The van der Waals surface area contributed by atoms with E-state index in [4.69, 9.17) is 0 Å². The summed E-state index contributed by atoms with van der Waals surface area (Å²) in [7, 11) is 0. The van der Waals surface area contributed by atoms with Crippen LogP contribution >= 0.6 is 0 Å². The molecule has 1 rings (SSSR count). The molecule has 2 atom stereocenters. The van der Waals surface area contributed by atoms with Gasteiger partial charge in [0.1, 0.15) is 0 Å². The van der Waals surface area contributed by atoms with Gasteiger partial charge in [-0.05, 0) is 32.1 Å². The summed E-state index contributed by atoms with van der Waals surface area (Å²) in [6.45, 7) is 4.32. The van der Waals surface area contributed by atoms with Gasteiger partial charge in [0.15, 0.2) is 0 Å². The fraction of sp³-hybridized carbons (Fsp3) is 1.00. The van der Waals surface area contributed by atoms with Gasteiger partial charge in [-0.15, -0.1) is 0 Å². The maximum atomic E-state index is 10.2. The third kappa shape index (κ3) is 6.22. The van der Waals surface area contributed by atoms with Crippen molar-refractivity contribution in [2.45, 2.75) is 103 Å². The van der Waals surface area contributed by atoms with Gasteiger partial charge in [-0.3, -0.25) is 0 Å². The van der Waals surface area contributed by atoms with Gasteiger partial charge in [0.05, 0.1) is 5.60 Å². The number of aliphatic hydroxyl groups is 1. The second kappa shape index (κ2) is 8.96. The summed E-state index contributed by atoms with van der Waals surface area (Å²) in [5, 5.41) is 10.2. The maximum absolute atomic E-state index is 10.2. The Morgan fingerprint density at radius 3 is 2.00 bits per heavy atom. The van der Waals surface area contributed by atoms with Crippen LogP contribution < -0.4 is 0 Å². The highest BCUT2D eigenvalue weighted by Gasteiger charge is 2.35. The van der Waals surface area contributed by atoms with Gasteiger partial charge < -0.3 is 5.11 Å². The molecule has 1 aliphatic rings. The monoisotopic (exact) mass is 254 g/mol. The molecular formula is C17H34O. The van der Waals surface area contributed by atoms with Crippen molar-refractivity contribution in [3.8, 4) is 0 Å². The van der Waals surface area contributed by atoms with E-state index in [1.807, 2.05) is 6.92 Å². The van der Waals surface area contributed by atoms with Crippen molar-refractivity contribution in [1.29, 1.82) is 0 Å². The summed E-state index contributed by atoms with van der Waals surface area (Å²) in [4.78, 5) is 0. The van der Waals surface area contributed by atoms with Gasteiger partial charge in [0, 0.05) is 0 Å². The Bertz CT molecular complexity index is 198. The number of hydrogen-bond donors (Lipinski definition) is 1. The maximum Gasteiger partial charge on any atom is 0.0647 e. The van der Waals surface area contributed by atoms with Crippen LogP contribution in [0.1, 0.15) is 97.3 Å². The largest absolute Gasteiger partial charge is 0.390 e. The zero-order valence-corrected chi connectivity index (χ0v) is 12.7. The topological polar surface area (TPSA) is 20.2 Å². The Labute approximate surface area is 114 Å². The Balaban J connectivity index is 1.87. The number of rotatable bonds is 10. The number of unbranched alkanes of at least 4 members (excludes halogenated alkanes) is 8. The van der Waals surface area contributed by atoms with Gasteiger partial charge in [-0.2, -0.15) is 0 Å². The summed E-state index contributed by atoms with van der Waals surface area (Å²) in [6.07, 6.45) is 17.4. The van der Waals surface area contributed by atoms with Crippen molar-refractivity contribution in [2.24, 2.45) is 5.92 Å². The van der Waals surface area contributed by atoms with Crippen molar-refractivity contribution in [3.63, 3.8) is 0 Å². The molecule has 1 N–H and O–H groups in total. The first-order valence-corrected chi connectivity index (χ1v) is 8.39. The smallest absolute Gasteiger partial charge is 0.0647 e. The van der Waals surface area contributed by atoms with Crippen LogP contribution in [-0.2, 0) is 0 Å². The highest BCUT2D eigenvalue weighted by atomic mass is 16.3. The van der Waals surface area contributed by atoms with E-state index in [0.717, 1.165) is 6.42 Å². The quantitative estimate of drug-likeness (QED) is 0.513. The van der Waals surface area contributed by atoms with Crippen molar-refractivity contribution in [3.05, 3.63) is 0 Å². The molecule has 108 valence electrons. The molecule has 1 fully saturated rings. The SMILES string of the molecule is CCCCCCCCCCCC1CCCC1(C)O. The summed E-state index contributed by atoms with van der Waals surface area (Å²) < 4.78 is 0. The Hall–Kier alpha value is -0.0400. The molecule has 0 bridgehead atoms. The molecule has 0 aromatic carbocycles. The van der Waals surface area contributed by atoms with E-state index >= 15 is 0 Å². The predicted octanol–water partition coefficient (Wildman–Crippen LogP) is 5.46. The van der Waals surface area contributed by atoms with Gasteiger partial charge in [-0.25, -0.2) is 0 Å². The van der Waals surface area contributed by atoms with Gasteiger partial charge in [0.25, 0.3) is 0 Å². The molecule has 1 heteroatoms. The van der Waals surface area contributed by atoms with Crippen LogP contribution in [0.3, 0.4) is 0 Å². The lowest BCUT2D eigenvalue weighted by Gasteiger charge is -2.25. The van der Waals surface area contributed by atoms with Gasteiger partial charge >= 0.3 is 0 Å². The van der Waals surface area contributed by atoms with Crippen molar-refractivity contribution < 1.29 is 5.11 Å². The standard InChI is InChI=1S/C17H34O/c1-3-4-5-6-7-8-9-10-11-13-16-14-12-15-17(16,2)18/h16,18H,3-15H2,1-2H3. The van der Waals surface area contributed by atoms with Crippen LogP contribution in [-0.4, -0.2) is 10.7 Å². The van der Waals surface area contributed by atoms with Crippen LogP contribution in [0.25, 0.3) is 0 Å². The third-order valence-electron chi connectivity index (χ3n) is 4.77. The van der Waals surface area contributed by atoms with E-state index in [2.05, 4.69) is 6.92 Å². The molecule has 1 aliphatic carbocycles. The average Bonchev–Trinajstić information content (AvgIpc) is 2.66. The van der Waals surface area contributed by atoms with E-state index in [0.29, 0.717) is 5.92 Å². The lowest BCUT2D eigenvalue weighted by Crippen LogP contribution is -2.28. The summed E-state index contributed by atoms with van der Waals surface area (Å²) in [6, 6.07) is 0. The normalized spacial score (nSPS) is 27.8. The molecule has 0 saturated heterocycles. The molecule has 2 unspecified atom stereocenters. The van der Waals surface area contributed by atoms with Gasteiger partial charge in [-0.1, -0.05) is 71.1 Å². The lowest BCUT2D eigenvalue weighted by molar-refractivity contribution is 0.0170. The molecule has 1 nitrogen and oxygen atoms in total. The third-order valence-corrected chi connectivity index (χ3v) is 4.77. The molecular weight excluding hydrogens is 220 g/mol. The van der Waals surface area contributed by atoms with Crippen molar-refractivity contribution >= 4 is 0 Å². The minimum Gasteiger partial charge on any atom is -0.390 e. The van der Waals surface area contributed by atoms with Gasteiger partial charge in [0.2, 0.25) is 0 Å². The first kappa shape index (κ1) is 16.0. The van der Waals surface area contributed by atoms with Crippen molar-refractivity contribution in [1.82, 2.24) is 0 Å². The average molecular weight is 254 g/mol. The zero-order valence-electron chi connectivity index (χ0n) is 12.7. The van der Waals surface area contributed by atoms with E-state index < -0.39 is 0 Å². The molecule has 0 radical (unpaired) electrons. The molecule has 0 spiro atoms. The summed E-state index contributed by atoms with van der Waals surface area (Å²) in [5.41, 5.74) is -0.347. The minimum absolute atomic E-state index is 0.347. The minimum atomic E-state index is -0.347. The fourth-order valence-electron chi connectivity index (χ4n) is 3.38. The lowest BCUT2D eigenvalue weighted by atomic mass is 9.88.